The van der Waals surface area contributed by atoms with Gasteiger partial charge in [0.25, 0.3) is 0 Å². The molecule has 0 aliphatic heterocycles. The highest BCUT2D eigenvalue weighted by Crippen LogP contribution is 2.56. The van der Waals surface area contributed by atoms with Crippen LogP contribution in [0.3, 0.4) is 0 Å². The second-order valence-corrected chi connectivity index (χ2v) is 7.44. The predicted octanol–water partition coefficient (Wildman–Crippen LogP) is 5.70. The van der Waals surface area contributed by atoms with Crippen molar-refractivity contribution in [2.45, 2.75) is 60.4 Å². The van der Waals surface area contributed by atoms with E-state index in [4.69, 9.17) is 0 Å². The highest BCUT2D eigenvalue weighted by atomic mass is 35.5. The van der Waals surface area contributed by atoms with Crippen molar-refractivity contribution < 1.29 is 49.0 Å². The Labute approximate surface area is 166 Å². The maximum absolute atomic E-state index is 14.4. The number of halogens is 11. The fraction of sp³-hybridized carbons (Fsp3) is 1.00. The van der Waals surface area contributed by atoms with Crippen LogP contribution in [-0.2, 0) is 9.47 Å². The number of hydrogen-bond acceptors (Lipinski definition) is 3. The molecule has 3 nitrogen and oxygen atoms in total. The van der Waals surface area contributed by atoms with Crippen LogP contribution in [-0.4, -0.2) is 66.9 Å². The average Bonchev–Trinajstić information content (AvgIpc) is 2.48. The third-order valence-corrected chi connectivity index (χ3v) is 4.62. The van der Waals surface area contributed by atoms with Gasteiger partial charge < -0.3 is 9.64 Å². The van der Waals surface area contributed by atoms with Crippen LogP contribution in [0, 0.1) is 0 Å². The summed E-state index contributed by atoms with van der Waals surface area (Å²) in [5.74, 6) is -12.2. The minimum atomic E-state index is -6.50. The first-order chi connectivity index (χ1) is 12.2. The molecular weight excluding hydrogens is 456 g/mol. The van der Waals surface area contributed by atoms with Gasteiger partial charge in [-0.05, 0) is 70.0 Å². The van der Waals surface area contributed by atoms with Gasteiger partial charge in [-0.3, -0.25) is 4.74 Å². The predicted molar refractivity (Wildman–Crippen MR) is 84.2 cm³/mol. The summed E-state index contributed by atoms with van der Waals surface area (Å²) in [6.07, 6.45) is -7.20. The molecule has 0 aliphatic rings. The number of ether oxygens (including phenoxy) is 2. The molecule has 0 N–H and O–H groups in total. The molecule has 14 heteroatoms. The largest absolute Gasteiger partial charge is 0.429 e. The third-order valence-electron chi connectivity index (χ3n) is 3.97. The van der Waals surface area contributed by atoms with Crippen molar-refractivity contribution in [2.75, 3.05) is 27.7 Å². The highest BCUT2D eigenvalue weighted by Gasteiger charge is 2.80. The molecule has 0 aromatic rings. The van der Waals surface area contributed by atoms with Crippen molar-refractivity contribution in [2.24, 2.45) is 0 Å². The topological polar surface area (TPSA) is 21.7 Å². The van der Waals surface area contributed by atoms with Crippen molar-refractivity contribution in [3.8, 4) is 0 Å². The number of hydrogen-bond donors (Lipinski definition) is 0. The Morgan fingerprint density at radius 1 is 0.821 bits per heavy atom. The van der Waals surface area contributed by atoms with Crippen LogP contribution in [0.2, 0.25) is 0 Å². The van der Waals surface area contributed by atoms with Gasteiger partial charge in [-0.1, -0.05) is 0 Å². The van der Waals surface area contributed by atoms with Crippen LogP contribution < -0.4 is 0 Å². The molecule has 0 aromatic heterocycles. The Balaban J connectivity index is 5.72. The molecule has 0 radical (unpaired) electrons. The normalized spacial score (nSPS) is 18.9. The van der Waals surface area contributed by atoms with Crippen molar-refractivity contribution in [3.05, 3.63) is 0 Å². The molecule has 0 saturated heterocycles. The number of methoxy groups -OCH3 is 1. The Morgan fingerprint density at radius 2 is 1.29 bits per heavy atom. The van der Waals surface area contributed by atoms with Gasteiger partial charge in [-0.15, -0.1) is 0 Å². The summed E-state index contributed by atoms with van der Waals surface area (Å²) < 4.78 is 129. The van der Waals surface area contributed by atoms with E-state index in [0.29, 0.717) is 20.6 Å². The van der Waals surface area contributed by atoms with E-state index in [0.717, 1.165) is 0 Å². The van der Waals surface area contributed by atoms with Gasteiger partial charge in [0.05, 0.1) is 0 Å². The third kappa shape index (κ3) is 5.71. The van der Waals surface area contributed by atoms with Gasteiger partial charge >= 0.3 is 28.6 Å². The van der Waals surface area contributed by atoms with Crippen molar-refractivity contribution in [1.29, 1.82) is 0 Å². The minimum Gasteiger partial charge on any atom is -0.372 e. The number of unbranched alkanes of at least 4 members (excludes halogenated alkanes) is 1. The minimum absolute atomic E-state index is 0.136. The first-order valence-corrected chi connectivity index (χ1v) is 8.42. The molecule has 0 bridgehead atoms. The molecule has 0 amide bonds. The number of alkyl halides is 11. The van der Waals surface area contributed by atoms with E-state index in [2.05, 4.69) is 32.7 Å². The number of nitrogens with zero attached hydrogens (tertiary/aromatic N) is 1. The smallest absolute Gasteiger partial charge is 0.372 e. The van der Waals surface area contributed by atoms with E-state index in [1.54, 1.807) is 19.0 Å². The molecule has 0 aliphatic carbocycles. The number of rotatable bonds is 12. The lowest BCUT2D eigenvalue weighted by Gasteiger charge is -2.43. The molecule has 0 spiro atoms. The summed E-state index contributed by atoms with van der Waals surface area (Å²) in [6, 6.07) is 0. The van der Waals surface area contributed by atoms with E-state index in [1.165, 1.54) is 0 Å². The average molecular weight is 476 g/mol. The highest BCUT2D eigenvalue weighted by molar-refractivity contribution is 6.31. The second kappa shape index (κ2) is 8.91. The van der Waals surface area contributed by atoms with E-state index < -0.39 is 40.7 Å². The Hall–Kier alpha value is -0.170. The maximum Gasteiger partial charge on any atom is 0.429 e. The van der Waals surface area contributed by atoms with Crippen LogP contribution in [0.15, 0.2) is 0 Å². The van der Waals surface area contributed by atoms with Crippen LogP contribution in [0.1, 0.15) is 26.2 Å². The van der Waals surface area contributed by atoms with Gasteiger partial charge in [0.2, 0.25) is 0 Å². The van der Waals surface area contributed by atoms with Crippen LogP contribution >= 0.6 is 23.2 Å². The van der Waals surface area contributed by atoms with Crippen LogP contribution in [0.4, 0.5) is 39.5 Å². The standard InChI is InChI=1S/C14H20Cl2F9NO2/c1-9(27-4,7-5-6-8-26(2)3)10(17,18)11(19,20)14(24,25)28-13(16,23)12(15,21)22/h5-8H2,1-4H3. The van der Waals surface area contributed by atoms with E-state index in [1.807, 2.05) is 0 Å². The summed E-state index contributed by atoms with van der Waals surface area (Å²) >= 11 is 8.33. The summed E-state index contributed by atoms with van der Waals surface area (Å²) in [4.78, 5) is 1.66. The lowest BCUT2D eigenvalue weighted by atomic mass is 9.86. The molecule has 2 atom stereocenters. The molecule has 0 aromatic carbocycles. The fourth-order valence-electron chi connectivity index (χ4n) is 2.08. The molecule has 28 heavy (non-hydrogen) atoms. The maximum atomic E-state index is 14.4. The fourth-order valence-corrected chi connectivity index (χ4v) is 2.21. The summed E-state index contributed by atoms with van der Waals surface area (Å²) in [7, 11) is 3.87. The van der Waals surface area contributed by atoms with Gasteiger partial charge in [0, 0.05) is 7.11 Å². The SMILES string of the molecule is COC(C)(CCCCN(C)C)C(F)(F)C(F)(F)C(F)(F)OC(F)(Cl)C(F)(F)Cl. The van der Waals surface area contributed by atoms with Gasteiger partial charge in [0.15, 0.2) is 0 Å². The lowest BCUT2D eigenvalue weighted by Crippen LogP contribution is -2.66. The second-order valence-electron chi connectivity index (χ2n) is 6.48. The molecular formula is C14H20Cl2F9NO2. The van der Waals surface area contributed by atoms with Gasteiger partial charge in [-0.25, -0.2) is 0 Å². The molecule has 170 valence electrons. The first kappa shape index (κ1) is 27.8. The zero-order valence-electron chi connectivity index (χ0n) is 15.2. The van der Waals surface area contributed by atoms with E-state index >= 15 is 0 Å². The van der Waals surface area contributed by atoms with Crippen molar-refractivity contribution in [1.82, 2.24) is 4.90 Å². The zero-order chi connectivity index (χ0) is 22.8. The molecule has 0 saturated carbocycles. The molecule has 0 fully saturated rings. The molecule has 2 unspecified atom stereocenters. The summed E-state index contributed by atoms with van der Waals surface area (Å²) in [5, 5.41) is -10.8. The van der Waals surface area contributed by atoms with E-state index in [9.17, 15) is 39.5 Å². The molecule has 0 heterocycles. The van der Waals surface area contributed by atoms with Gasteiger partial charge in [-0.2, -0.15) is 39.5 Å². The van der Waals surface area contributed by atoms with Crippen molar-refractivity contribution in [3.63, 3.8) is 0 Å². The Bertz CT molecular complexity index is 516. The monoisotopic (exact) mass is 475 g/mol. The van der Waals surface area contributed by atoms with Crippen molar-refractivity contribution >= 4 is 23.2 Å². The Kier molecular flexibility index (Phi) is 8.85. The van der Waals surface area contributed by atoms with E-state index in [-0.39, 0.29) is 12.8 Å². The lowest BCUT2D eigenvalue weighted by molar-refractivity contribution is -0.451. The summed E-state index contributed by atoms with van der Waals surface area (Å²) in [6.45, 7) is 0.800. The zero-order valence-corrected chi connectivity index (χ0v) is 16.8. The van der Waals surface area contributed by atoms with Crippen LogP contribution in [0.25, 0.3) is 0 Å². The quantitative estimate of drug-likeness (QED) is 0.205. The van der Waals surface area contributed by atoms with Gasteiger partial charge in [0.1, 0.15) is 5.60 Å². The Morgan fingerprint density at radius 3 is 1.64 bits per heavy atom. The first-order valence-electron chi connectivity index (χ1n) is 7.66. The van der Waals surface area contributed by atoms with Crippen LogP contribution in [0.5, 0.6) is 0 Å². The summed E-state index contributed by atoms with van der Waals surface area (Å²) in [5.41, 5.74) is -3.18. The molecule has 0 rings (SSSR count).